The van der Waals surface area contributed by atoms with Crippen LogP contribution in [-0.4, -0.2) is 29.1 Å². The molecule has 1 aromatic heterocycles. The number of benzene rings is 1. The predicted molar refractivity (Wildman–Crippen MR) is 100.0 cm³/mol. The van der Waals surface area contributed by atoms with E-state index in [2.05, 4.69) is 20.8 Å². The van der Waals surface area contributed by atoms with Crippen LogP contribution in [0.4, 0.5) is 0 Å². The molecule has 2 aliphatic rings. The van der Waals surface area contributed by atoms with Crippen molar-refractivity contribution in [3.8, 4) is 0 Å². The van der Waals surface area contributed by atoms with Crippen LogP contribution in [0.3, 0.4) is 0 Å². The van der Waals surface area contributed by atoms with Gasteiger partial charge in [0.15, 0.2) is 5.82 Å². The number of nitrogens with zero attached hydrogens (tertiary/aromatic N) is 2. The number of amides is 1. The van der Waals surface area contributed by atoms with Crippen LogP contribution in [0.2, 0.25) is 0 Å². The summed E-state index contributed by atoms with van der Waals surface area (Å²) in [5.74, 6) is 1.39. The van der Waals surface area contributed by atoms with Crippen molar-refractivity contribution < 1.29 is 9.32 Å². The van der Waals surface area contributed by atoms with Gasteiger partial charge in [-0.2, -0.15) is 4.98 Å². The Kier molecular flexibility index (Phi) is 5.63. The first kappa shape index (κ1) is 18.9. The number of hydrogen-bond acceptors (Lipinski definition) is 5. The molecule has 0 bridgehead atoms. The van der Waals surface area contributed by atoms with Gasteiger partial charge in [0.25, 0.3) is 0 Å². The third-order valence-corrected chi connectivity index (χ3v) is 5.53. The van der Waals surface area contributed by atoms with E-state index >= 15 is 0 Å². The Hall–Kier alpha value is -1.92. The molecule has 1 aliphatic carbocycles. The summed E-state index contributed by atoms with van der Waals surface area (Å²) in [6.07, 6.45) is 3.82. The Morgan fingerprint density at radius 1 is 1.35 bits per heavy atom. The lowest BCUT2D eigenvalue weighted by atomic mass is 9.91. The first-order chi connectivity index (χ1) is 12.2. The highest BCUT2D eigenvalue weighted by Crippen LogP contribution is 2.58. The van der Waals surface area contributed by atoms with Gasteiger partial charge in [-0.15, -0.1) is 12.4 Å². The second kappa shape index (κ2) is 7.76. The van der Waals surface area contributed by atoms with Gasteiger partial charge in [-0.1, -0.05) is 35.5 Å². The Bertz CT molecular complexity index is 743. The topological polar surface area (TPSA) is 80.0 Å². The van der Waals surface area contributed by atoms with E-state index in [1.807, 2.05) is 37.3 Å². The summed E-state index contributed by atoms with van der Waals surface area (Å²) in [5, 5.41) is 10.5. The molecule has 2 atom stereocenters. The minimum Gasteiger partial charge on any atom is -0.346 e. The van der Waals surface area contributed by atoms with Gasteiger partial charge in [0.2, 0.25) is 11.8 Å². The van der Waals surface area contributed by atoms with Crippen LogP contribution in [0.15, 0.2) is 34.9 Å². The summed E-state index contributed by atoms with van der Waals surface area (Å²) in [6, 6.07) is 9.78. The van der Waals surface area contributed by atoms with Gasteiger partial charge in [0.1, 0.15) is 0 Å². The van der Waals surface area contributed by atoms with Gasteiger partial charge in [-0.25, -0.2) is 0 Å². The maximum Gasteiger partial charge on any atom is 0.231 e. The number of carbonyl (C=O) groups is 1. The Balaban J connectivity index is 0.00000196. The standard InChI is InChI=1S/C19H24N4O2.ClH/c1-13(21-18(24)15-12-19(15)7-9-20-10-8-19)17-22-16(25-23-17)11-14-5-3-2-4-6-14;/h2-6,13,15,20H,7-12H2,1H3,(H,21,24);1H. The lowest BCUT2D eigenvalue weighted by Crippen LogP contribution is -2.34. The zero-order valence-corrected chi connectivity index (χ0v) is 15.7. The van der Waals surface area contributed by atoms with Crippen molar-refractivity contribution in [1.82, 2.24) is 20.8 Å². The molecule has 1 spiro atoms. The van der Waals surface area contributed by atoms with Crippen molar-refractivity contribution in [2.45, 2.75) is 38.6 Å². The molecule has 1 aliphatic heterocycles. The summed E-state index contributed by atoms with van der Waals surface area (Å²) < 4.78 is 5.34. The van der Waals surface area contributed by atoms with Crippen LogP contribution in [0, 0.1) is 11.3 Å². The monoisotopic (exact) mass is 376 g/mol. The maximum absolute atomic E-state index is 12.5. The van der Waals surface area contributed by atoms with Gasteiger partial charge in [-0.05, 0) is 50.3 Å². The first-order valence-electron chi connectivity index (χ1n) is 9.04. The summed E-state index contributed by atoms with van der Waals surface area (Å²) in [7, 11) is 0. The average molecular weight is 377 g/mol. The van der Waals surface area contributed by atoms with Crippen LogP contribution < -0.4 is 10.6 Å². The van der Waals surface area contributed by atoms with Gasteiger partial charge in [-0.3, -0.25) is 4.79 Å². The van der Waals surface area contributed by atoms with Crippen LogP contribution in [0.1, 0.15) is 49.5 Å². The van der Waals surface area contributed by atoms with E-state index in [9.17, 15) is 4.79 Å². The van der Waals surface area contributed by atoms with Gasteiger partial charge in [0, 0.05) is 5.92 Å². The summed E-state index contributed by atoms with van der Waals surface area (Å²) in [5.41, 5.74) is 1.37. The second-order valence-corrected chi connectivity index (χ2v) is 7.31. The highest BCUT2D eigenvalue weighted by atomic mass is 35.5. The van der Waals surface area contributed by atoms with Crippen molar-refractivity contribution in [2.75, 3.05) is 13.1 Å². The molecular weight excluding hydrogens is 352 g/mol. The number of hydrogen-bond donors (Lipinski definition) is 2. The van der Waals surface area contributed by atoms with Crippen LogP contribution in [-0.2, 0) is 11.2 Å². The molecule has 2 unspecified atom stereocenters. The number of nitrogens with one attached hydrogen (secondary N) is 2. The van der Waals surface area contributed by atoms with Crippen molar-refractivity contribution in [1.29, 1.82) is 0 Å². The van der Waals surface area contributed by atoms with Gasteiger partial charge < -0.3 is 15.2 Å². The largest absolute Gasteiger partial charge is 0.346 e. The third-order valence-electron chi connectivity index (χ3n) is 5.53. The molecule has 140 valence electrons. The van der Waals surface area contributed by atoms with E-state index in [-0.39, 0.29) is 35.7 Å². The minimum absolute atomic E-state index is 0. The first-order valence-corrected chi connectivity index (χ1v) is 9.04. The number of halogens is 1. The molecule has 1 aromatic carbocycles. The maximum atomic E-state index is 12.5. The Morgan fingerprint density at radius 3 is 2.81 bits per heavy atom. The van der Waals surface area contributed by atoms with Crippen molar-refractivity contribution in [2.24, 2.45) is 11.3 Å². The van der Waals surface area contributed by atoms with Crippen LogP contribution in [0.25, 0.3) is 0 Å². The van der Waals surface area contributed by atoms with Crippen LogP contribution >= 0.6 is 12.4 Å². The number of carbonyl (C=O) groups excluding carboxylic acids is 1. The third kappa shape index (κ3) is 3.91. The number of aromatic nitrogens is 2. The smallest absolute Gasteiger partial charge is 0.231 e. The summed E-state index contributed by atoms with van der Waals surface area (Å²) in [6.45, 7) is 3.95. The number of rotatable bonds is 5. The molecule has 6 nitrogen and oxygen atoms in total. The fourth-order valence-electron chi connectivity index (χ4n) is 3.86. The normalized spacial score (nSPS) is 21.7. The molecule has 7 heteroatoms. The highest BCUT2D eigenvalue weighted by Gasteiger charge is 2.57. The Labute approximate surface area is 159 Å². The van der Waals surface area contributed by atoms with E-state index in [4.69, 9.17) is 4.52 Å². The zero-order valence-electron chi connectivity index (χ0n) is 14.9. The summed E-state index contributed by atoms with van der Waals surface area (Å²) >= 11 is 0. The molecule has 2 aromatic rings. The minimum atomic E-state index is -0.236. The number of piperidine rings is 1. The molecule has 1 amide bonds. The molecule has 1 saturated heterocycles. The SMILES string of the molecule is CC(NC(=O)C1CC12CCNCC2)c1noc(Cc2ccccc2)n1.Cl. The van der Waals surface area contributed by atoms with Gasteiger partial charge >= 0.3 is 0 Å². The molecule has 2 heterocycles. The molecule has 2 fully saturated rings. The van der Waals surface area contributed by atoms with Crippen molar-refractivity contribution in [3.63, 3.8) is 0 Å². The van der Waals surface area contributed by atoms with E-state index in [0.717, 1.165) is 37.9 Å². The van der Waals surface area contributed by atoms with E-state index in [0.29, 0.717) is 18.1 Å². The molecule has 4 rings (SSSR count). The summed E-state index contributed by atoms with van der Waals surface area (Å²) in [4.78, 5) is 17.0. The average Bonchev–Trinajstić information content (AvgIpc) is 3.11. The predicted octanol–water partition coefficient (Wildman–Crippen LogP) is 2.65. The van der Waals surface area contributed by atoms with E-state index < -0.39 is 0 Å². The quantitative estimate of drug-likeness (QED) is 0.838. The van der Waals surface area contributed by atoms with E-state index in [1.54, 1.807) is 0 Å². The van der Waals surface area contributed by atoms with Crippen LogP contribution in [0.5, 0.6) is 0 Å². The molecular formula is C19H25ClN4O2. The lowest BCUT2D eigenvalue weighted by Gasteiger charge is -2.23. The van der Waals surface area contributed by atoms with Crippen molar-refractivity contribution >= 4 is 18.3 Å². The molecule has 1 saturated carbocycles. The molecule has 2 N–H and O–H groups in total. The second-order valence-electron chi connectivity index (χ2n) is 7.31. The van der Waals surface area contributed by atoms with Crippen molar-refractivity contribution in [3.05, 3.63) is 47.6 Å². The molecule has 26 heavy (non-hydrogen) atoms. The molecule has 0 radical (unpaired) electrons. The van der Waals surface area contributed by atoms with E-state index in [1.165, 1.54) is 0 Å². The fraction of sp³-hybridized carbons (Fsp3) is 0.526. The van der Waals surface area contributed by atoms with Gasteiger partial charge in [0.05, 0.1) is 12.5 Å². The lowest BCUT2D eigenvalue weighted by molar-refractivity contribution is -0.124. The highest BCUT2D eigenvalue weighted by molar-refractivity contribution is 5.85. The Morgan fingerprint density at radius 2 is 2.08 bits per heavy atom. The fourth-order valence-corrected chi connectivity index (χ4v) is 3.86. The zero-order chi connectivity index (χ0) is 17.3.